The molecule has 2 nitrogen and oxygen atoms in total. The van der Waals surface area contributed by atoms with E-state index in [2.05, 4.69) is 28.2 Å². The van der Waals surface area contributed by atoms with Crippen LogP contribution in [0.5, 0.6) is 0 Å². The van der Waals surface area contributed by atoms with Gasteiger partial charge in [0.2, 0.25) is 5.91 Å². The predicted octanol–water partition coefficient (Wildman–Crippen LogP) is 2.18. The lowest BCUT2D eigenvalue weighted by Crippen LogP contribution is -2.31. The molecule has 0 saturated heterocycles. The number of hydrogen-bond donors (Lipinski definition) is 1. The fourth-order valence-electron chi connectivity index (χ4n) is 4.03. The molecule has 3 saturated carbocycles. The van der Waals surface area contributed by atoms with Gasteiger partial charge in [0, 0.05) is 17.3 Å². The summed E-state index contributed by atoms with van der Waals surface area (Å²) in [4.78, 5) is 12.3. The molecular formula is C12H18BrNO. The summed E-state index contributed by atoms with van der Waals surface area (Å²) < 4.78 is 0. The minimum Gasteiger partial charge on any atom is -0.355 e. The van der Waals surface area contributed by atoms with E-state index in [-0.39, 0.29) is 0 Å². The van der Waals surface area contributed by atoms with Crippen LogP contribution in [0, 0.1) is 29.6 Å². The highest BCUT2D eigenvalue weighted by Crippen LogP contribution is 2.69. The topological polar surface area (TPSA) is 29.1 Å². The molecule has 0 aliphatic heterocycles. The fourth-order valence-corrected chi connectivity index (χ4v) is 4.20. The number of carbonyl (C=O) groups excluding carboxylic acids is 1. The molecule has 1 N–H and O–H groups in total. The van der Waals surface area contributed by atoms with Crippen molar-refractivity contribution < 1.29 is 4.79 Å². The molecule has 3 aliphatic carbocycles. The molecule has 1 amide bonds. The van der Waals surface area contributed by atoms with Gasteiger partial charge in [0.25, 0.3) is 0 Å². The van der Waals surface area contributed by atoms with Crippen molar-refractivity contribution in [3.63, 3.8) is 0 Å². The Bertz CT molecular complexity index is 275. The molecule has 15 heavy (non-hydrogen) atoms. The van der Waals surface area contributed by atoms with E-state index in [1.807, 2.05) is 0 Å². The quantitative estimate of drug-likeness (QED) is 0.784. The van der Waals surface area contributed by atoms with Crippen LogP contribution >= 0.6 is 15.9 Å². The predicted molar refractivity (Wildman–Crippen MR) is 62.7 cm³/mol. The number of halogens is 1. The van der Waals surface area contributed by atoms with E-state index in [9.17, 15) is 4.79 Å². The molecule has 0 aromatic carbocycles. The van der Waals surface area contributed by atoms with Crippen LogP contribution in [0.1, 0.15) is 26.2 Å². The van der Waals surface area contributed by atoms with Gasteiger partial charge in [0.15, 0.2) is 0 Å². The lowest BCUT2D eigenvalue weighted by molar-refractivity contribution is -0.123. The average molecular weight is 272 g/mol. The van der Waals surface area contributed by atoms with Gasteiger partial charge in [-0.05, 0) is 42.9 Å². The molecule has 5 unspecified atom stereocenters. The van der Waals surface area contributed by atoms with Crippen molar-refractivity contribution in [2.45, 2.75) is 31.0 Å². The largest absolute Gasteiger partial charge is 0.355 e. The molecule has 0 heterocycles. The van der Waals surface area contributed by atoms with Gasteiger partial charge in [0.05, 0.1) is 0 Å². The van der Waals surface area contributed by atoms with Crippen LogP contribution in [0.25, 0.3) is 0 Å². The second kappa shape index (κ2) is 3.47. The monoisotopic (exact) mass is 271 g/mol. The Labute approximate surface area is 99.3 Å². The van der Waals surface area contributed by atoms with Gasteiger partial charge in [-0.2, -0.15) is 0 Å². The Morgan fingerprint density at radius 2 is 2.00 bits per heavy atom. The van der Waals surface area contributed by atoms with Crippen LogP contribution in [-0.2, 0) is 4.79 Å². The van der Waals surface area contributed by atoms with Gasteiger partial charge in [0.1, 0.15) is 0 Å². The van der Waals surface area contributed by atoms with Crippen molar-refractivity contribution in [3.8, 4) is 0 Å². The van der Waals surface area contributed by atoms with E-state index < -0.39 is 0 Å². The third-order valence-corrected chi connectivity index (χ3v) is 4.92. The number of alkyl halides is 1. The summed E-state index contributed by atoms with van der Waals surface area (Å²) in [6, 6.07) is 0. The molecule has 3 heteroatoms. The maximum absolute atomic E-state index is 11.9. The lowest BCUT2D eigenvalue weighted by Gasteiger charge is -2.10. The number of amides is 1. The zero-order chi connectivity index (χ0) is 10.6. The van der Waals surface area contributed by atoms with Gasteiger partial charge >= 0.3 is 0 Å². The first-order valence-electron chi connectivity index (χ1n) is 6.10. The number of fused-ring (bicyclic) bond motifs is 5. The zero-order valence-corrected chi connectivity index (χ0v) is 10.7. The van der Waals surface area contributed by atoms with E-state index in [1.54, 1.807) is 0 Å². The molecule has 3 aliphatic rings. The molecule has 0 radical (unpaired) electrons. The Hall–Kier alpha value is -0.0500. The molecule has 84 valence electrons. The van der Waals surface area contributed by atoms with Crippen molar-refractivity contribution in [1.82, 2.24) is 5.32 Å². The Kier molecular flexibility index (Phi) is 2.35. The molecule has 3 rings (SSSR count). The molecular weight excluding hydrogens is 254 g/mol. The van der Waals surface area contributed by atoms with Gasteiger partial charge in [-0.15, -0.1) is 0 Å². The van der Waals surface area contributed by atoms with Crippen LogP contribution in [0.15, 0.2) is 0 Å². The van der Waals surface area contributed by atoms with Crippen molar-refractivity contribution in [3.05, 3.63) is 0 Å². The van der Waals surface area contributed by atoms with Crippen LogP contribution in [-0.4, -0.2) is 17.3 Å². The van der Waals surface area contributed by atoms with Crippen molar-refractivity contribution >= 4 is 21.8 Å². The first kappa shape index (κ1) is 10.1. The normalized spacial score (nSPS) is 47.5. The summed E-state index contributed by atoms with van der Waals surface area (Å²) in [5, 5.41) is 3.06. The van der Waals surface area contributed by atoms with Gasteiger partial charge in [-0.25, -0.2) is 0 Å². The molecule has 0 aromatic heterocycles. The lowest BCUT2D eigenvalue weighted by atomic mass is 10.0. The number of carbonyl (C=O) groups is 1. The van der Waals surface area contributed by atoms with E-state index in [4.69, 9.17) is 0 Å². The van der Waals surface area contributed by atoms with Crippen molar-refractivity contribution in [2.24, 2.45) is 29.6 Å². The molecule has 0 aromatic rings. The first-order chi connectivity index (χ1) is 7.18. The van der Waals surface area contributed by atoms with Gasteiger partial charge in [-0.1, -0.05) is 22.9 Å². The Morgan fingerprint density at radius 3 is 2.53 bits per heavy atom. The highest BCUT2D eigenvalue weighted by atomic mass is 79.9. The number of rotatable bonds is 3. The molecule has 2 bridgehead atoms. The number of nitrogens with one attached hydrogen (secondary N) is 1. The fraction of sp³-hybridized carbons (Fsp3) is 0.917. The van der Waals surface area contributed by atoms with Crippen LogP contribution in [0.3, 0.4) is 0 Å². The van der Waals surface area contributed by atoms with Crippen LogP contribution < -0.4 is 5.32 Å². The van der Waals surface area contributed by atoms with Crippen LogP contribution in [0.4, 0.5) is 0 Å². The third kappa shape index (κ3) is 1.54. The van der Waals surface area contributed by atoms with Gasteiger partial charge < -0.3 is 5.32 Å². The van der Waals surface area contributed by atoms with E-state index in [0.717, 1.165) is 30.2 Å². The molecule has 3 fully saturated rings. The van der Waals surface area contributed by atoms with E-state index >= 15 is 0 Å². The first-order valence-corrected chi connectivity index (χ1v) is 7.02. The average Bonchev–Trinajstić information content (AvgIpc) is 2.64. The number of hydrogen-bond acceptors (Lipinski definition) is 1. The van der Waals surface area contributed by atoms with E-state index in [0.29, 0.717) is 16.7 Å². The zero-order valence-electron chi connectivity index (χ0n) is 9.08. The maximum Gasteiger partial charge on any atom is 0.223 e. The smallest absolute Gasteiger partial charge is 0.223 e. The second-order valence-electron chi connectivity index (χ2n) is 5.54. The second-order valence-corrected chi connectivity index (χ2v) is 7.10. The standard InChI is InChI=1S/C12H18BrNO/c1-6(13)5-14-12(15)11-9-7-2-3-8(4-7)10(9)11/h6-11H,2-5H2,1H3,(H,14,15). The SMILES string of the molecule is CC(Br)CNC(=O)C1C2C3CCC(C3)C12. The molecule has 5 atom stereocenters. The summed E-state index contributed by atoms with van der Waals surface area (Å²) in [6.45, 7) is 2.84. The Morgan fingerprint density at radius 1 is 1.40 bits per heavy atom. The highest BCUT2D eigenvalue weighted by molar-refractivity contribution is 9.09. The third-order valence-electron chi connectivity index (χ3n) is 4.60. The van der Waals surface area contributed by atoms with Crippen LogP contribution in [0.2, 0.25) is 0 Å². The van der Waals surface area contributed by atoms with E-state index in [1.165, 1.54) is 19.3 Å². The maximum atomic E-state index is 11.9. The van der Waals surface area contributed by atoms with Crippen molar-refractivity contribution in [2.75, 3.05) is 6.54 Å². The highest BCUT2D eigenvalue weighted by Gasteiger charge is 2.67. The summed E-state index contributed by atoms with van der Waals surface area (Å²) in [5.74, 6) is 4.06. The minimum absolute atomic E-state index is 0.327. The molecule has 0 spiro atoms. The minimum atomic E-state index is 0.327. The Balaban J connectivity index is 1.56. The summed E-state index contributed by atoms with van der Waals surface area (Å²) in [7, 11) is 0. The van der Waals surface area contributed by atoms with Gasteiger partial charge in [-0.3, -0.25) is 4.79 Å². The summed E-state index contributed by atoms with van der Waals surface area (Å²) >= 11 is 3.46. The summed E-state index contributed by atoms with van der Waals surface area (Å²) in [6.07, 6.45) is 4.21. The van der Waals surface area contributed by atoms with Crippen molar-refractivity contribution in [1.29, 1.82) is 0 Å². The summed E-state index contributed by atoms with van der Waals surface area (Å²) in [5.41, 5.74) is 0.